The summed E-state index contributed by atoms with van der Waals surface area (Å²) in [6.45, 7) is 0. The maximum Gasteiger partial charge on any atom is -1.00 e. The van der Waals surface area contributed by atoms with E-state index in [9.17, 15) is 0 Å². The first-order valence-electron chi connectivity index (χ1n) is 15.5. The quantitative estimate of drug-likeness (QED) is 0.209. The molecule has 0 amide bonds. The Balaban J connectivity index is 0.00000193. The van der Waals surface area contributed by atoms with Crippen LogP contribution in [0.5, 0.6) is 0 Å². The third-order valence-corrected chi connectivity index (χ3v) is 19.7. The first-order valence-corrected chi connectivity index (χ1v) is 21.0. The van der Waals surface area contributed by atoms with Crippen molar-refractivity contribution in [1.29, 1.82) is 0 Å². The molecule has 0 radical (unpaired) electrons. The molecule has 6 aromatic rings. The summed E-state index contributed by atoms with van der Waals surface area (Å²) < 4.78 is 0.999. The second-order valence-corrected chi connectivity index (χ2v) is 19.5. The van der Waals surface area contributed by atoms with Gasteiger partial charge in [-0.2, -0.15) is 0 Å². The van der Waals surface area contributed by atoms with Crippen LogP contribution in [0, 0.1) is 0 Å². The van der Waals surface area contributed by atoms with Gasteiger partial charge in [0.05, 0.1) is 0 Å². The topological polar surface area (TPSA) is 0 Å². The number of benzene rings is 6. The Bertz CT molecular complexity index is 1770. The summed E-state index contributed by atoms with van der Waals surface area (Å²) in [6.07, 6.45) is 5.15. The van der Waals surface area contributed by atoms with Gasteiger partial charge >= 0.3 is 282 Å². The molecule has 0 spiro atoms. The summed E-state index contributed by atoms with van der Waals surface area (Å²) >= 11 is -1.16. The van der Waals surface area contributed by atoms with Gasteiger partial charge in [0.1, 0.15) is 0 Å². The minimum atomic E-state index is -1.16. The van der Waals surface area contributed by atoms with Crippen LogP contribution in [0.3, 0.4) is 0 Å². The van der Waals surface area contributed by atoms with Crippen molar-refractivity contribution in [1.82, 2.24) is 0 Å². The monoisotopic (exact) mass is 758 g/mol. The molecule has 6 aromatic carbocycles. The van der Waals surface area contributed by atoms with E-state index in [1.54, 1.807) is 21.8 Å². The minimum Gasteiger partial charge on any atom is -1.00 e. The molecule has 0 saturated heterocycles. The van der Waals surface area contributed by atoms with Crippen LogP contribution in [-0.2, 0) is 23.2 Å². The van der Waals surface area contributed by atoms with Crippen LogP contribution in [0.1, 0.15) is 29.5 Å². The number of rotatable bonds is 8. The van der Waals surface area contributed by atoms with E-state index < -0.39 is 39.1 Å². The molecule has 228 valence electrons. The van der Waals surface area contributed by atoms with E-state index in [4.69, 9.17) is 0 Å². The molecule has 0 aliphatic heterocycles. The molecule has 47 heavy (non-hydrogen) atoms. The average molecular weight is 761 g/mol. The van der Waals surface area contributed by atoms with Gasteiger partial charge in [-0.15, -0.1) is 0 Å². The zero-order valence-corrected chi connectivity index (χ0v) is 31.4. The van der Waals surface area contributed by atoms with Crippen molar-refractivity contribution < 1.29 is 48.0 Å². The molecular weight excluding hydrogens is 729 g/mol. The fraction of sp³-hybridized carbons (Fsp3) is 0.0476. The largest absolute Gasteiger partial charge is 1.00 e. The Morgan fingerprint density at radius 3 is 0.936 bits per heavy atom. The molecule has 0 fully saturated rings. The van der Waals surface area contributed by atoms with E-state index in [1.807, 2.05) is 0 Å². The molecule has 8 rings (SSSR count). The van der Waals surface area contributed by atoms with Gasteiger partial charge in [0.15, 0.2) is 0 Å². The van der Waals surface area contributed by atoms with Crippen LogP contribution >= 0.6 is 15.8 Å². The van der Waals surface area contributed by atoms with Crippen LogP contribution in [0.4, 0.5) is 0 Å². The Morgan fingerprint density at radius 1 is 0.340 bits per heavy atom. The van der Waals surface area contributed by atoms with Gasteiger partial charge in [-0.3, -0.25) is 0 Å². The third-order valence-electron chi connectivity index (χ3n) is 8.72. The normalized spacial score (nSPS) is 15.9. The number of fused-ring (bicyclic) bond motifs is 2. The van der Waals surface area contributed by atoms with Crippen molar-refractivity contribution in [2.45, 2.75) is 7.25 Å². The van der Waals surface area contributed by atoms with Crippen LogP contribution < -0.4 is 46.0 Å². The summed E-state index contributed by atoms with van der Waals surface area (Å²) in [7, 11) is -1.31. The van der Waals surface area contributed by atoms with Crippen molar-refractivity contribution >= 4 is 49.2 Å². The Labute approximate surface area is 305 Å². The van der Waals surface area contributed by atoms with Crippen LogP contribution in [0.15, 0.2) is 180 Å². The predicted molar refractivity (Wildman–Crippen MR) is 192 cm³/mol. The number of hydrogen-bond donors (Lipinski definition) is 0. The molecule has 0 nitrogen and oxygen atoms in total. The second-order valence-electron chi connectivity index (χ2n) is 11.4. The molecule has 5 heteroatoms. The number of halogens is 2. The maximum absolute atomic E-state index is 2.58. The summed E-state index contributed by atoms with van der Waals surface area (Å²) in [5.74, 6) is 0. The zero-order chi connectivity index (χ0) is 30.0. The predicted octanol–water partition coefficient (Wildman–Crippen LogP) is 3.53. The fourth-order valence-corrected chi connectivity index (χ4v) is 18.8. The van der Waals surface area contributed by atoms with E-state index in [0.717, 1.165) is 0 Å². The Hall–Kier alpha value is -2.88. The Morgan fingerprint density at radius 2 is 0.617 bits per heavy atom. The second kappa shape index (κ2) is 15.6. The summed E-state index contributed by atoms with van der Waals surface area (Å²) in [5.41, 5.74) is 5.93. The first-order chi connectivity index (χ1) is 22.3. The van der Waals surface area contributed by atoms with Gasteiger partial charge < -0.3 is 24.8 Å². The van der Waals surface area contributed by atoms with Gasteiger partial charge in [0, 0.05) is 0 Å². The molecule has 2 atom stereocenters. The summed E-state index contributed by atoms with van der Waals surface area (Å²) in [6, 6.07) is 63.6. The van der Waals surface area contributed by atoms with E-state index in [0.29, 0.717) is 7.25 Å². The molecule has 0 aromatic heterocycles. The first kappa shape index (κ1) is 34.0. The summed E-state index contributed by atoms with van der Waals surface area (Å²) in [4.78, 5) is 0. The van der Waals surface area contributed by atoms with Gasteiger partial charge in [0.25, 0.3) is 0 Å². The van der Waals surface area contributed by atoms with Crippen molar-refractivity contribution in [2.75, 3.05) is 0 Å². The zero-order valence-electron chi connectivity index (χ0n) is 25.6. The molecule has 2 unspecified atom stereocenters. The van der Waals surface area contributed by atoms with Crippen molar-refractivity contribution in [3.8, 4) is 0 Å². The number of hydrogen-bond acceptors (Lipinski definition) is 0. The molecule has 2 aliphatic carbocycles. The van der Waals surface area contributed by atoms with E-state index >= 15 is 0 Å². The summed E-state index contributed by atoms with van der Waals surface area (Å²) in [5, 5.41) is 9.06. The van der Waals surface area contributed by atoms with Gasteiger partial charge in [-0.25, -0.2) is 0 Å². The van der Waals surface area contributed by atoms with Gasteiger partial charge in [-0.05, 0) is 0 Å². The van der Waals surface area contributed by atoms with Crippen molar-refractivity contribution in [3.63, 3.8) is 0 Å². The van der Waals surface area contributed by atoms with Crippen molar-refractivity contribution in [2.24, 2.45) is 0 Å². The van der Waals surface area contributed by atoms with Gasteiger partial charge in [0.2, 0.25) is 0 Å². The fourth-order valence-electron chi connectivity index (χ4n) is 6.72. The molecule has 0 bridgehead atoms. The number of allylic oxidation sites excluding steroid dienone is 2. The van der Waals surface area contributed by atoms with Crippen LogP contribution in [-0.4, -0.2) is 0 Å². The van der Waals surface area contributed by atoms with Gasteiger partial charge in [-0.1, -0.05) is 0 Å². The molecular formula is C42H32Cl2P2Zr. The van der Waals surface area contributed by atoms with Crippen LogP contribution in [0.2, 0.25) is 0 Å². The smallest absolute Gasteiger partial charge is 1.00 e. The van der Waals surface area contributed by atoms with E-state index in [-0.39, 0.29) is 24.8 Å². The molecule has 0 saturated carbocycles. The Kier molecular flexibility index (Phi) is 11.3. The molecule has 0 N–H and O–H groups in total. The van der Waals surface area contributed by atoms with E-state index in [1.165, 1.54) is 32.3 Å². The molecule has 2 aliphatic rings. The maximum atomic E-state index is 2.58. The standard InChI is InChI=1S/2C21H16P.2ClH.Zr/c2*1-3-11-19(12-4-1)22(20-13-5-2-6-14-20)21-15-17-9-7-8-10-18(17)16-21;;;/h2*1-16H;2*1H;/q;;;;+2/p-2. The third kappa shape index (κ3) is 6.86. The molecule has 0 heterocycles. The van der Waals surface area contributed by atoms with Crippen LogP contribution in [0.25, 0.3) is 12.2 Å². The minimum absolute atomic E-state index is 0. The van der Waals surface area contributed by atoms with E-state index in [2.05, 4.69) is 182 Å². The average Bonchev–Trinajstić information content (AvgIpc) is 3.65. The van der Waals surface area contributed by atoms with Crippen molar-refractivity contribution in [3.05, 3.63) is 203 Å². The SMILES string of the molecule is C1=C(P(c2ccccc2)c2ccccc2)[CH]([Zr+2][CH]2C(P(c3ccccc3)c3ccccc3)=Cc3ccccc32)c2ccccc21.[Cl-].[Cl-].